The number of benzene rings is 2. The van der Waals surface area contributed by atoms with Gasteiger partial charge in [-0.15, -0.1) is 0 Å². The predicted octanol–water partition coefficient (Wildman–Crippen LogP) is 3.10. The second-order valence-electron chi connectivity index (χ2n) is 8.35. The van der Waals surface area contributed by atoms with Crippen LogP contribution >= 0.6 is 0 Å². The fourth-order valence-corrected chi connectivity index (χ4v) is 3.69. The monoisotopic (exact) mass is 451 g/mol. The average molecular weight is 452 g/mol. The van der Waals surface area contributed by atoms with Crippen LogP contribution in [0.15, 0.2) is 41.4 Å². The van der Waals surface area contributed by atoms with Crippen molar-refractivity contribution in [3.8, 4) is 0 Å². The molecule has 1 fully saturated rings. The van der Waals surface area contributed by atoms with Gasteiger partial charge in [0.15, 0.2) is 0 Å². The maximum atomic E-state index is 13.0. The summed E-state index contributed by atoms with van der Waals surface area (Å²) in [7, 11) is 0. The largest absolute Gasteiger partial charge is 0.379 e. The zero-order chi connectivity index (χ0) is 23.8. The van der Waals surface area contributed by atoms with E-state index in [0.717, 1.165) is 55.2 Å². The van der Waals surface area contributed by atoms with Crippen LogP contribution in [-0.4, -0.2) is 62.1 Å². The summed E-state index contributed by atoms with van der Waals surface area (Å²) in [4.78, 5) is 31.4. The molecule has 3 N–H and O–H groups in total. The number of anilines is 2. The topological polar surface area (TPSA) is 95.1 Å². The minimum Gasteiger partial charge on any atom is -0.379 e. The molecule has 176 valence electrons. The molecule has 1 aliphatic rings. The van der Waals surface area contributed by atoms with Crippen LogP contribution in [0.1, 0.15) is 34.0 Å². The Kier molecular flexibility index (Phi) is 8.57. The minimum absolute atomic E-state index is 0.183. The highest BCUT2D eigenvalue weighted by Crippen LogP contribution is 2.17. The molecule has 1 aliphatic heterocycles. The number of nitrogens with one attached hydrogen (secondary N) is 3. The number of carbonyl (C=O) groups is 2. The SMILES string of the molecule is CC(=O)Nc1cc(C(=O)NC(=NCCN2CCOCC2)Nc2cc(C)cc(C)c2)ccc1C. The molecule has 1 heterocycles. The van der Waals surface area contributed by atoms with Gasteiger partial charge >= 0.3 is 0 Å². The van der Waals surface area contributed by atoms with E-state index in [4.69, 9.17) is 4.74 Å². The van der Waals surface area contributed by atoms with Crippen LogP contribution in [0.5, 0.6) is 0 Å². The van der Waals surface area contributed by atoms with E-state index in [1.165, 1.54) is 6.92 Å². The van der Waals surface area contributed by atoms with E-state index in [2.05, 4.69) is 31.9 Å². The fourth-order valence-electron chi connectivity index (χ4n) is 3.69. The molecule has 0 saturated carbocycles. The first-order valence-electron chi connectivity index (χ1n) is 11.2. The van der Waals surface area contributed by atoms with Crippen LogP contribution in [0.25, 0.3) is 0 Å². The smallest absolute Gasteiger partial charge is 0.258 e. The predicted molar refractivity (Wildman–Crippen MR) is 132 cm³/mol. The van der Waals surface area contributed by atoms with Crippen molar-refractivity contribution in [2.75, 3.05) is 50.0 Å². The summed E-state index contributed by atoms with van der Waals surface area (Å²) < 4.78 is 5.40. The summed E-state index contributed by atoms with van der Waals surface area (Å²) in [5.74, 6) is -0.0963. The van der Waals surface area contributed by atoms with E-state index in [0.29, 0.717) is 23.8 Å². The van der Waals surface area contributed by atoms with Crippen LogP contribution in [0.2, 0.25) is 0 Å². The molecular formula is C25H33N5O3. The van der Waals surface area contributed by atoms with Crippen molar-refractivity contribution in [1.29, 1.82) is 0 Å². The number of morpholine rings is 1. The lowest BCUT2D eigenvalue weighted by Gasteiger charge is -2.25. The lowest BCUT2D eigenvalue weighted by atomic mass is 10.1. The second-order valence-corrected chi connectivity index (χ2v) is 8.35. The lowest BCUT2D eigenvalue weighted by molar-refractivity contribution is -0.114. The summed E-state index contributed by atoms with van der Waals surface area (Å²) >= 11 is 0. The van der Waals surface area contributed by atoms with E-state index in [9.17, 15) is 9.59 Å². The maximum absolute atomic E-state index is 13.0. The molecule has 0 aliphatic carbocycles. The highest BCUT2D eigenvalue weighted by atomic mass is 16.5. The number of rotatable bonds is 6. The van der Waals surface area contributed by atoms with Crippen molar-refractivity contribution in [2.24, 2.45) is 4.99 Å². The molecule has 2 aromatic carbocycles. The number of hydrogen-bond donors (Lipinski definition) is 3. The molecule has 1 saturated heterocycles. The zero-order valence-electron chi connectivity index (χ0n) is 19.8. The molecule has 0 spiro atoms. The molecule has 8 nitrogen and oxygen atoms in total. The Morgan fingerprint density at radius 3 is 2.36 bits per heavy atom. The van der Waals surface area contributed by atoms with Crippen molar-refractivity contribution in [1.82, 2.24) is 10.2 Å². The molecule has 0 bridgehead atoms. The number of aryl methyl sites for hydroxylation is 3. The quantitative estimate of drug-likeness (QED) is 0.463. The van der Waals surface area contributed by atoms with Gasteiger partial charge in [0, 0.05) is 43.5 Å². The molecule has 2 amide bonds. The van der Waals surface area contributed by atoms with Crippen molar-refractivity contribution in [3.05, 3.63) is 58.7 Å². The van der Waals surface area contributed by atoms with Crippen LogP contribution in [0, 0.1) is 20.8 Å². The first-order chi connectivity index (χ1) is 15.8. The highest BCUT2D eigenvalue weighted by Gasteiger charge is 2.13. The number of carbonyl (C=O) groups excluding carboxylic acids is 2. The Labute approximate surface area is 195 Å². The second kappa shape index (κ2) is 11.6. The normalized spacial score (nSPS) is 14.6. The Balaban J connectivity index is 1.76. The van der Waals surface area contributed by atoms with E-state index < -0.39 is 0 Å². The third kappa shape index (κ3) is 7.69. The molecule has 0 radical (unpaired) electrons. The molecule has 0 unspecified atom stereocenters. The Hall–Kier alpha value is -3.23. The van der Waals surface area contributed by atoms with Gasteiger partial charge in [0.2, 0.25) is 11.9 Å². The molecule has 0 aromatic heterocycles. The lowest BCUT2D eigenvalue weighted by Crippen LogP contribution is -2.39. The Bertz CT molecular complexity index is 1010. The molecule has 2 aromatic rings. The van der Waals surface area contributed by atoms with Crippen molar-refractivity contribution in [2.45, 2.75) is 27.7 Å². The fraction of sp³-hybridized carbons (Fsp3) is 0.400. The summed E-state index contributed by atoms with van der Waals surface area (Å²) in [6, 6.07) is 11.3. The average Bonchev–Trinajstić information content (AvgIpc) is 2.75. The van der Waals surface area contributed by atoms with E-state index in [1.807, 2.05) is 39.0 Å². The van der Waals surface area contributed by atoms with E-state index in [-0.39, 0.29) is 11.8 Å². The van der Waals surface area contributed by atoms with Gasteiger partial charge in [-0.1, -0.05) is 12.1 Å². The van der Waals surface area contributed by atoms with Crippen molar-refractivity contribution < 1.29 is 14.3 Å². The van der Waals surface area contributed by atoms with Gasteiger partial charge < -0.3 is 15.4 Å². The highest BCUT2D eigenvalue weighted by molar-refractivity contribution is 6.10. The number of hydrogen-bond acceptors (Lipinski definition) is 5. The standard InChI is InChI=1S/C25H33N5O3/c1-17-13-18(2)15-22(14-17)28-25(26-7-8-30-9-11-33-12-10-30)29-24(32)21-6-5-19(3)23(16-21)27-20(4)31/h5-6,13-16H,7-12H2,1-4H3,(H,27,31)(H2,26,28,29,32). The van der Waals surface area contributed by atoms with Gasteiger partial charge in [0.05, 0.1) is 19.8 Å². The Morgan fingerprint density at radius 1 is 1.00 bits per heavy atom. The van der Waals surface area contributed by atoms with Crippen LogP contribution < -0.4 is 16.0 Å². The maximum Gasteiger partial charge on any atom is 0.258 e. The van der Waals surface area contributed by atoms with Gasteiger partial charge in [0.1, 0.15) is 0 Å². The van der Waals surface area contributed by atoms with Crippen molar-refractivity contribution >= 4 is 29.1 Å². The third-order valence-corrected chi connectivity index (χ3v) is 5.32. The van der Waals surface area contributed by atoms with Crippen LogP contribution in [0.3, 0.4) is 0 Å². The zero-order valence-corrected chi connectivity index (χ0v) is 19.8. The van der Waals surface area contributed by atoms with Crippen LogP contribution in [0.4, 0.5) is 11.4 Å². The molecule has 8 heteroatoms. The summed E-state index contributed by atoms with van der Waals surface area (Å²) in [5, 5.41) is 8.93. The number of guanidine groups is 1. The third-order valence-electron chi connectivity index (χ3n) is 5.32. The number of ether oxygens (including phenoxy) is 1. The van der Waals surface area contributed by atoms with Gasteiger partial charge in [-0.2, -0.15) is 0 Å². The summed E-state index contributed by atoms with van der Waals surface area (Å²) in [6.45, 7) is 12.0. The molecule has 3 rings (SSSR count). The first-order valence-corrected chi connectivity index (χ1v) is 11.2. The minimum atomic E-state index is -0.302. The first kappa shape index (κ1) is 24.4. The van der Waals surface area contributed by atoms with Crippen LogP contribution in [-0.2, 0) is 9.53 Å². The van der Waals surface area contributed by atoms with Gasteiger partial charge in [0.25, 0.3) is 5.91 Å². The summed E-state index contributed by atoms with van der Waals surface area (Å²) in [5.41, 5.74) is 5.04. The molecular weight excluding hydrogens is 418 g/mol. The van der Waals surface area contributed by atoms with E-state index >= 15 is 0 Å². The van der Waals surface area contributed by atoms with Gasteiger partial charge in [-0.3, -0.25) is 24.8 Å². The summed E-state index contributed by atoms with van der Waals surface area (Å²) in [6.07, 6.45) is 0. The number of aliphatic imine (C=N–C) groups is 1. The van der Waals surface area contributed by atoms with Crippen molar-refractivity contribution in [3.63, 3.8) is 0 Å². The van der Waals surface area contributed by atoms with E-state index in [1.54, 1.807) is 12.1 Å². The Morgan fingerprint density at radius 2 is 1.70 bits per heavy atom. The van der Waals surface area contributed by atoms with Gasteiger partial charge in [-0.25, -0.2) is 0 Å². The molecule has 0 atom stereocenters. The van der Waals surface area contributed by atoms with Gasteiger partial charge in [-0.05, 0) is 61.7 Å². The molecule has 33 heavy (non-hydrogen) atoms. The number of nitrogens with zero attached hydrogens (tertiary/aromatic N) is 2. The number of amides is 2.